The first-order chi connectivity index (χ1) is 14.5. The molecule has 2 amide bonds. The maximum absolute atomic E-state index is 12.4. The average Bonchev–Trinajstić information content (AvgIpc) is 3.46. The third-order valence-electron chi connectivity index (χ3n) is 5.58. The van der Waals surface area contributed by atoms with Crippen LogP contribution in [0.25, 0.3) is 11.0 Å². The molecule has 1 fully saturated rings. The fourth-order valence-electron chi connectivity index (χ4n) is 3.98. The number of aromatic amines is 1. The summed E-state index contributed by atoms with van der Waals surface area (Å²) in [6, 6.07) is 9.41. The number of benzene rings is 1. The highest BCUT2D eigenvalue weighted by Gasteiger charge is 2.38. The van der Waals surface area contributed by atoms with Gasteiger partial charge in [0.2, 0.25) is 11.8 Å². The van der Waals surface area contributed by atoms with Gasteiger partial charge in [0.1, 0.15) is 17.3 Å². The highest BCUT2D eigenvalue weighted by Crippen LogP contribution is 2.29. The maximum Gasteiger partial charge on any atom is 0.220 e. The molecular weight excluding hydrogens is 384 g/mol. The molecular formula is C22H26N4O4. The van der Waals surface area contributed by atoms with Gasteiger partial charge in [0.15, 0.2) is 0 Å². The number of furan rings is 1. The van der Waals surface area contributed by atoms with Gasteiger partial charge in [-0.05, 0) is 37.1 Å². The Hall–Kier alpha value is -3.29. The third-order valence-corrected chi connectivity index (χ3v) is 5.58. The number of carbonyl (C=O) groups excluding carboxylic acids is 2. The number of carbonyl (C=O) groups is 2. The molecule has 1 aromatic carbocycles. The van der Waals surface area contributed by atoms with Gasteiger partial charge in [-0.3, -0.25) is 9.59 Å². The van der Waals surface area contributed by atoms with Crippen LogP contribution in [0.15, 0.2) is 41.0 Å². The lowest BCUT2D eigenvalue weighted by molar-refractivity contribution is -0.122. The van der Waals surface area contributed by atoms with Crippen molar-refractivity contribution in [3.05, 3.63) is 48.2 Å². The summed E-state index contributed by atoms with van der Waals surface area (Å²) in [6.45, 7) is 0.493. The van der Waals surface area contributed by atoms with Gasteiger partial charge in [-0.1, -0.05) is 0 Å². The molecule has 8 heteroatoms. The van der Waals surface area contributed by atoms with E-state index in [-0.39, 0.29) is 11.8 Å². The molecule has 0 aliphatic carbocycles. The monoisotopic (exact) mass is 410 g/mol. The fraction of sp³-hybridized carbons (Fsp3) is 0.409. The smallest absolute Gasteiger partial charge is 0.220 e. The Morgan fingerprint density at radius 2 is 2.27 bits per heavy atom. The fourth-order valence-corrected chi connectivity index (χ4v) is 3.98. The van der Waals surface area contributed by atoms with Crippen LogP contribution in [0.5, 0.6) is 5.75 Å². The number of methoxy groups -OCH3 is 1. The molecule has 1 saturated heterocycles. The summed E-state index contributed by atoms with van der Waals surface area (Å²) >= 11 is 0. The van der Waals surface area contributed by atoms with Crippen LogP contribution in [0.3, 0.4) is 0 Å². The predicted octanol–water partition coefficient (Wildman–Crippen LogP) is 2.49. The van der Waals surface area contributed by atoms with Gasteiger partial charge in [-0.15, -0.1) is 0 Å². The van der Waals surface area contributed by atoms with Crippen molar-refractivity contribution in [1.82, 2.24) is 20.6 Å². The second kappa shape index (κ2) is 8.61. The van der Waals surface area contributed by atoms with Gasteiger partial charge in [0, 0.05) is 43.8 Å². The number of hydrogen-bond acceptors (Lipinski definition) is 5. The van der Waals surface area contributed by atoms with Gasteiger partial charge in [0.05, 0.1) is 24.4 Å². The van der Waals surface area contributed by atoms with Crippen LogP contribution in [-0.4, -0.2) is 41.0 Å². The first-order valence-electron chi connectivity index (χ1n) is 10.2. The molecule has 4 rings (SSSR count). The van der Waals surface area contributed by atoms with Crippen LogP contribution < -0.4 is 15.4 Å². The molecule has 1 atom stereocenters. The molecule has 3 N–H and O–H groups in total. The maximum atomic E-state index is 12.4. The summed E-state index contributed by atoms with van der Waals surface area (Å²) < 4.78 is 10.7. The molecule has 2 aromatic heterocycles. The molecule has 3 heterocycles. The van der Waals surface area contributed by atoms with Gasteiger partial charge >= 0.3 is 0 Å². The Bertz CT molecular complexity index is 1030. The number of nitrogens with zero attached hydrogens (tertiary/aromatic N) is 1. The topological polar surface area (TPSA) is 109 Å². The van der Waals surface area contributed by atoms with Crippen LogP contribution in [0.1, 0.15) is 37.3 Å². The van der Waals surface area contributed by atoms with Crippen molar-refractivity contribution < 1.29 is 18.7 Å². The Kier molecular flexibility index (Phi) is 5.74. The molecule has 1 aliphatic rings. The SMILES string of the molecule is COc1ccc2nc(CCNC(=O)CC[C@@]3(Cc4ccco4)CCC(=O)N3)[nH]c2c1. The highest BCUT2D eigenvalue weighted by atomic mass is 16.5. The number of nitrogens with one attached hydrogen (secondary N) is 3. The molecule has 0 unspecified atom stereocenters. The Morgan fingerprint density at radius 3 is 3.00 bits per heavy atom. The molecule has 0 spiro atoms. The largest absolute Gasteiger partial charge is 0.497 e. The van der Waals surface area contributed by atoms with Crippen molar-refractivity contribution in [2.24, 2.45) is 0 Å². The van der Waals surface area contributed by atoms with Crippen LogP contribution in [0, 0.1) is 0 Å². The number of aromatic nitrogens is 2. The van der Waals surface area contributed by atoms with Crippen molar-refractivity contribution >= 4 is 22.8 Å². The minimum Gasteiger partial charge on any atom is -0.497 e. The molecule has 0 radical (unpaired) electrons. The van der Waals surface area contributed by atoms with Crippen molar-refractivity contribution in [2.75, 3.05) is 13.7 Å². The standard InChI is InChI=1S/C22H26N4O4/c1-29-15-4-5-17-18(13-15)25-19(24-17)8-11-23-20(27)6-9-22(10-7-21(28)26-22)14-16-3-2-12-30-16/h2-5,12-13H,6-11,14H2,1H3,(H,23,27)(H,24,25)(H,26,28)/t22-/m0/s1. The normalized spacial score (nSPS) is 18.5. The minimum absolute atomic E-state index is 0.0310. The summed E-state index contributed by atoms with van der Waals surface area (Å²) in [5, 5.41) is 6.01. The van der Waals surface area contributed by atoms with Crippen molar-refractivity contribution in [2.45, 2.75) is 44.1 Å². The van der Waals surface area contributed by atoms with E-state index in [2.05, 4.69) is 20.6 Å². The summed E-state index contributed by atoms with van der Waals surface area (Å²) in [7, 11) is 1.63. The van der Waals surface area contributed by atoms with E-state index >= 15 is 0 Å². The Morgan fingerprint density at radius 1 is 1.37 bits per heavy atom. The molecule has 3 aromatic rings. The van der Waals surface area contributed by atoms with Crippen molar-refractivity contribution in [1.29, 1.82) is 0 Å². The highest BCUT2D eigenvalue weighted by molar-refractivity contribution is 5.80. The third kappa shape index (κ3) is 4.64. The van der Waals surface area contributed by atoms with Gasteiger partial charge < -0.3 is 24.8 Å². The van der Waals surface area contributed by atoms with E-state index in [0.29, 0.717) is 45.1 Å². The summed E-state index contributed by atoms with van der Waals surface area (Å²) in [5.41, 5.74) is 1.37. The molecule has 0 saturated carbocycles. The molecule has 1 aliphatic heterocycles. The quantitative estimate of drug-likeness (QED) is 0.502. The lowest BCUT2D eigenvalue weighted by atomic mass is 9.87. The van der Waals surface area contributed by atoms with Crippen molar-refractivity contribution in [3.63, 3.8) is 0 Å². The number of H-pyrrole nitrogens is 1. The average molecular weight is 410 g/mol. The molecule has 158 valence electrons. The van der Waals surface area contributed by atoms with E-state index in [9.17, 15) is 9.59 Å². The van der Waals surface area contributed by atoms with E-state index in [4.69, 9.17) is 9.15 Å². The van der Waals surface area contributed by atoms with Gasteiger partial charge in [0.25, 0.3) is 0 Å². The van der Waals surface area contributed by atoms with Crippen LogP contribution in [0.4, 0.5) is 0 Å². The zero-order valence-corrected chi connectivity index (χ0v) is 17.0. The number of ether oxygens (including phenoxy) is 1. The first kappa shape index (κ1) is 20.0. The van der Waals surface area contributed by atoms with Gasteiger partial charge in [-0.25, -0.2) is 4.98 Å². The Balaban J connectivity index is 1.27. The van der Waals surface area contributed by atoms with E-state index < -0.39 is 5.54 Å². The van der Waals surface area contributed by atoms with Crippen LogP contribution in [-0.2, 0) is 22.4 Å². The molecule has 8 nitrogen and oxygen atoms in total. The second-order valence-electron chi connectivity index (χ2n) is 7.75. The molecule has 30 heavy (non-hydrogen) atoms. The van der Waals surface area contributed by atoms with Crippen molar-refractivity contribution in [3.8, 4) is 5.75 Å². The zero-order valence-electron chi connectivity index (χ0n) is 17.0. The number of amides is 2. The van der Waals surface area contributed by atoms with Gasteiger partial charge in [-0.2, -0.15) is 0 Å². The number of rotatable bonds is 9. The predicted molar refractivity (Wildman–Crippen MR) is 111 cm³/mol. The van der Waals surface area contributed by atoms with Crippen LogP contribution >= 0.6 is 0 Å². The van der Waals surface area contributed by atoms with E-state index in [0.717, 1.165) is 28.4 Å². The van der Waals surface area contributed by atoms with E-state index in [1.807, 2.05) is 30.3 Å². The zero-order chi connectivity index (χ0) is 21.0. The summed E-state index contributed by atoms with van der Waals surface area (Å²) in [6.07, 6.45) is 4.95. The second-order valence-corrected chi connectivity index (χ2v) is 7.75. The minimum atomic E-state index is -0.413. The number of fused-ring (bicyclic) bond motifs is 1. The lowest BCUT2D eigenvalue weighted by Gasteiger charge is -2.28. The molecule has 0 bridgehead atoms. The van der Waals surface area contributed by atoms with E-state index in [1.54, 1.807) is 13.4 Å². The van der Waals surface area contributed by atoms with E-state index in [1.165, 1.54) is 0 Å². The lowest BCUT2D eigenvalue weighted by Crippen LogP contribution is -2.44. The Labute approximate surface area is 174 Å². The summed E-state index contributed by atoms with van der Waals surface area (Å²) in [5.74, 6) is 2.40. The first-order valence-corrected chi connectivity index (χ1v) is 10.2. The van der Waals surface area contributed by atoms with Crippen LogP contribution in [0.2, 0.25) is 0 Å². The number of imidazole rings is 1. The number of hydrogen-bond donors (Lipinski definition) is 3. The summed E-state index contributed by atoms with van der Waals surface area (Å²) in [4.78, 5) is 32.0.